The third-order valence-electron chi connectivity index (χ3n) is 3.44. The molecule has 1 aromatic heterocycles. The first-order chi connectivity index (χ1) is 9.76. The summed E-state index contributed by atoms with van der Waals surface area (Å²) in [7, 11) is 0. The largest absolute Gasteiger partial charge is 0.401 e. The van der Waals surface area contributed by atoms with Crippen LogP contribution in [-0.4, -0.2) is 64.4 Å². The first-order valence-electron chi connectivity index (χ1n) is 6.89. The topological polar surface area (TPSA) is 41.4 Å². The van der Waals surface area contributed by atoms with Crippen molar-refractivity contribution in [1.29, 1.82) is 0 Å². The molecule has 118 valence electrons. The van der Waals surface area contributed by atoms with Crippen LogP contribution in [0, 0.1) is 0 Å². The number of hydrogen-bond acceptors (Lipinski definition) is 3. The van der Waals surface area contributed by atoms with Gasteiger partial charge in [0.15, 0.2) is 0 Å². The average molecular weight is 304 g/mol. The first kappa shape index (κ1) is 15.8. The Hall–Kier alpha value is -1.57. The molecule has 0 saturated carbocycles. The lowest BCUT2D eigenvalue weighted by Crippen LogP contribution is -2.50. The van der Waals surface area contributed by atoms with Crippen LogP contribution >= 0.6 is 0 Å². The fraction of sp³-hybridized carbons (Fsp3) is 0.692. The molecule has 0 unspecified atom stereocenters. The molecule has 1 saturated heterocycles. The smallest absolute Gasteiger partial charge is 0.336 e. The molecule has 2 heterocycles. The molecule has 2 rings (SSSR count). The highest BCUT2D eigenvalue weighted by Crippen LogP contribution is 2.18. The minimum atomic E-state index is -4.19. The average Bonchev–Trinajstić information content (AvgIpc) is 2.86. The van der Waals surface area contributed by atoms with Crippen molar-refractivity contribution in [2.75, 3.05) is 32.7 Å². The van der Waals surface area contributed by atoms with Crippen molar-refractivity contribution < 1.29 is 18.0 Å². The molecule has 1 aliphatic rings. The highest BCUT2D eigenvalue weighted by Gasteiger charge is 2.33. The zero-order valence-electron chi connectivity index (χ0n) is 12.1. The van der Waals surface area contributed by atoms with Gasteiger partial charge in [0.2, 0.25) is 0 Å². The van der Waals surface area contributed by atoms with Crippen LogP contribution in [0.1, 0.15) is 30.2 Å². The second kappa shape index (κ2) is 6.05. The Labute approximate surface area is 121 Å². The summed E-state index contributed by atoms with van der Waals surface area (Å²) in [6.45, 7) is 4.09. The number of rotatable bonds is 3. The van der Waals surface area contributed by atoms with Crippen molar-refractivity contribution in [2.45, 2.75) is 26.1 Å². The Morgan fingerprint density at radius 2 is 1.90 bits per heavy atom. The third-order valence-corrected chi connectivity index (χ3v) is 3.44. The molecule has 0 bridgehead atoms. The van der Waals surface area contributed by atoms with Crippen molar-refractivity contribution in [3.8, 4) is 0 Å². The van der Waals surface area contributed by atoms with Gasteiger partial charge in [-0.05, 0) is 13.8 Å². The summed E-state index contributed by atoms with van der Waals surface area (Å²) in [6, 6.07) is 0.162. The van der Waals surface area contributed by atoms with Gasteiger partial charge in [-0.1, -0.05) is 0 Å². The van der Waals surface area contributed by atoms with Crippen molar-refractivity contribution in [2.24, 2.45) is 0 Å². The lowest BCUT2D eigenvalue weighted by molar-refractivity contribution is -0.148. The molecule has 1 aromatic rings. The lowest BCUT2D eigenvalue weighted by atomic mass is 10.2. The Kier molecular flexibility index (Phi) is 4.55. The molecule has 5 nitrogen and oxygen atoms in total. The van der Waals surface area contributed by atoms with Crippen LogP contribution in [0.5, 0.6) is 0 Å². The summed E-state index contributed by atoms with van der Waals surface area (Å²) in [5.74, 6) is -0.173. The Balaban J connectivity index is 1.90. The summed E-state index contributed by atoms with van der Waals surface area (Å²) >= 11 is 0. The number of piperazine rings is 1. The molecule has 8 heteroatoms. The summed E-state index contributed by atoms with van der Waals surface area (Å²) in [5, 5.41) is 4.11. The SMILES string of the molecule is CC(C)n1cc(C(=O)N2CCN(CC(F)(F)F)CC2)cn1. The number of carbonyl (C=O) groups is 1. The van der Waals surface area contributed by atoms with E-state index in [0.717, 1.165) is 0 Å². The van der Waals surface area contributed by atoms with E-state index in [1.54, 1.807) is 15.8 Å². The molecule has 0 aliphatic carbocycles. The van der Waals surface area contributed by atoms with Crippen molar-refractivity contribution >= 4 is 5.91 Å². The molecule has 0 atom stereocenters. The monoisotopic (exact) mass is 304 g/mol. The quantitative estimate of drug-likeness (QED) is 0.855. The number of amides is 1. The zero-order valence-corrected chi connectivity index (χ0v) is 12.1. The Morgan fingerprint density at radius 1 is 1.29 bits per heavy atom. The van der Waals surface area contributed by atoms with Crippen LogP contribution in [0.25, 0.3) is 0 Å². The van der Waals surface area contributed by atoms with E-state index >= 15 is 0 Å². The minimum Gasteiger partial charge on any atom is -0.336 e. The van der Waals surface area contributed by atoms with Gasteiger partial charge in [0.1, 0.15) is 0 Å². The maximum Gasteiger partial charge on any atom is 0.401 e. The normalized spacial score (nSPS) is 17.5. The highest BCUT2D eigenvalue weighted by atomic mass is 19.4. The van der Waals surface area contributed by atoms with Gasteiger partial charge >= 0.3 is 6.18 Å². The van der Waals surface area contributed by atoms with Crippen LogP contribution in [-0.2, 0) is 0 Å². The second-order valence-electron chi connectivity index (χ2n) is 5.49. The van der Waals surface area contributed by atoms with Gasteiger partial charge < -0.3 is 4.90 Å². The summed E-state index contributed by atoms with van der Waals surface area (Å²) in [4.78, 5) is 15.2. The Morgan fingerprint density at radius 3 is 2.38 bits per heavy atom. The summed E-state index contributed by atoms with van der Waals surface area (Å²) in [5.41, 5.74) is 0.480. The number of hydrogen-bond donors (Lipinski definition) is 0. The molecule has 1 fully saturated rings. The van der Waals surface area contributed by atoms with E-state index in [0.29, 0.717) is 18.7 Å². The van der Waals surface area contributed by atoms with E-state index in [2.05, 4.69) is 5.10 Å². The number of aromatic nitrogens is 2. The van der Waals surface area contributed by atoms with Gasteiger partial charge in [-0.2, -0.15) is 18.3 Å². The maximum atomic E-state index is 12.3. The first-order valence-corrected chi connectivity index (χ1v) is 6.89. The fourth-order valence-electron chi connectivity index (χ4n) is 2.28. The van der Waals surface area contributed by atoms with E-state index < -0.39 is 12.7 Å². The van der Waals surface area contributed by atoms with Gasteiger partial charge in [0, 0.05) is 38.4 Å². The second-order valence-corrected chi connectivity index (χ2v) is 5.49. The fourth-order valence-corrected chi connectivity index (χ4v) is 2.28. The molecule has 0 radical (unpaired) electrons. The molecule has 1 amide bonds. The predicted molar refractivity (Wildman–Crippen MR) is 71.0 cm³/mol. The van der Waals surface area contributed by atoms with Crippen LogP contribution in [0.4, 0.5) is 13.2 Å². The molecule has 21 heavy (non-hydrogen) atoms. The summed E-state index contributed by atoms with van der Waals surface area (Å²) in [6.07, 6.45) is -1.01. The lowest BCUT2D eigenvalue weighted by Gasteiger charge is -2.34. The Bertz CT molecular complexity index is 490. The standard InChI is InChI=1S/C13H19F3N4O/c1-10(2)20-8-11(7-17-20)12(21)19-5-3-18(4-6-19)9-13(14,15)16/h7-8,10H,3-6,9H2,1-2H3. The molecule has 0 spiro atoms. The maximum absolute atomic E-state index is 12.3. The van der Waals surface area contributed by atoms with Crippen LogP contribution in [0.15, 0.2) is 12.4 Å². The number of alkyl halides is 3. The predicted octanol–water partition coefficient (Wildman–Crippen LogP) is 1.78. The van der Waals surface area contributed by atoms with Gasteiger partial charge in [-0.25, -0.2) is 0 Å². The molecule has 1 aliphatic heterocycles. The van der Waals surface area contributed by atoms with Crippen LogP contribution in [0.3, 0.4) is 0 Å². The number of halogens is 3. The van der Waals surface area contributed by atoms with Gasteiger partial charge in [-0.3, -0.25) is 14.4 Å². The van der Waals surface area contributed by atoms with Gasteiger partial charge in [-0.15, -0.1) is 0 Å². The number of carbonyl (C=O) groups excluding carboxylic acids is 1. The van der Waals surface area contributed by atoms with Crippen LogP contribution < -0.4 is 0 Å². The zero-order chi connectivity index (χ0) is 15.6. The van der Waals surface area contributed by atoms with Crippen molar-refractivity contribution in [1.82, 2.24) is 19.6 Å². The van der Waals surface area contributed by atoms with E-state index in [1.165, 1.54) is 11.1 Å². The van der Waals surface area contributed by atoms with E-state index in [9.17, 15) is 18.0 Å². The van der Waals surface area contributed by atoms with E-state index in [-0.39, 0.29) is 25.0 Å². The van der Waals surface area contributed by atoms with Crippen LogP contribution in [0.2, 0.25) is 0 Å². The van der Waals surface area contributed by atoms with Crippen molar-refractivity contribution in [3.63, 3.8) is 0 Å². The van der Waals surface area contributed by atoms with E-state index in [4.69, 9.17) is 0 Å². The van der Waals surface area contributed by atoms with Gasteiger partial charge in [0.05, 0.1) is 18.3 Å². The minimum absolute atomic E-state index is 0.162. The summed E-state index contributed by atoms with van der Waals surface area (Å²) < 4.78 is 38.6. The van der Waals surface area contributed by atoms with Crippen molar-refractivity contribution in [3.05, 3.63) is 18.0 Å². The van der Waals surface area contributed by atoms with E-state index in [1.807, 2.05) is 13.8 Å². The molecular formula is C13H19F3N4O. The molecular weight excluding hydrogens is 285 g/mol. The third kappa shape index (κ3) is 4.20. The highest BCUT2D eigenvalue weighted by molar-refractivity contribution is 5.93. The number of nitrogens with zero attached hydrogens (tertiary/aromatic N) is 4. The molecule has 0 aromatic carbocycles. The molecule has 0 N–H and O–H groups in total. The van der Waals surface area contributed by atoms with Gasteiger partial charge in [0.25, 0.3) is 5.91 Å².